The number of alkyl halides is 3. The fourth-order valence-electron chi connectivity index (χ4n) is 2.45. The first-order chi connectivity index (χ1) is 9.65. The van der Waals surface area contributed by atoms with Gasteiger partial charge in [-0.25, -0.2) is 13.2 Å². The predicted molar refractivity (Wildman–Crippen MR) is 69.4 cm³/mol. The van der Waals surface area contributed by atoms with Crippen LogP contribution in [0.4, 0.5) is 13.2 Å². The zero-order valence-corrected chi connectivity index (χ0v) is 11.9. The summed E-state index contributed by atoms with van der Waals surface area (Å²) in [4.78, 5) is 11.6. The number of ether oxygens (including phenoxy) is 1. The zero-order chi connectivity index (χ0) is 16.4. The van der Waals surface area contributed by atoms with Gasteiger partial charge >= 0.3 is 0 Å². The van der Waals surface area contributed by atoms with Gasteiger partial charge in [0.25, 0.3) is 11.8 Å². The van der Waals surface area contributed by atoms with Crippen molar-refractivity contribution in [1.82, 2.24) is 5.32 Å². The van der Waals surface area contributed by atoms with Gasteiger partial charge in [0, 0.05) is 19.1 Å². The van der Waals surface area contributed by atoms with Crippen molar-refractivity contribution in [2.75, 3.05) is 13.7 Å². The Morgan fingerprint density at radius 2 is 2.14 bits per heavy atom. The average Bonchev–Trinajstić information content (AvgIpc) is 2.44. The van der Waals surface area contributed by atoms with Crippen LogP contribution in [0.15, 0.2) is 0 Å². The average molecular weight is 313 g/mol. The molecule has 1 amide bonds. The number of nitrogens with two attached hydrogens (primary N) is 2. The Morgan fingerprint density at radius 3 is 2.62 bits per heavy atom. The number of hydrogen-bond donors (Lipinski definition) is 4. The fraction of sp³-hybridized carbons (Fsp3) is 0.917. The summed E-state index contributed by atoms with van der Waals surface area (Å²) in [6.45, 7) is 0.517. The maximum atomic E-state index is 14.2. The van der Waals surface area contributed by atoms with Gasteiger partial charge in [-0.05, 0) is 6.42 Å². The number of carbonyl (C=O) groups excluding carboxylic acids is 1. The Morgan fingerprint density at radius 1 is 1.57 bits per heavy atom. The van der Waals surface area contributed by atoms with Crippen molar-refractivity contribution in [2.24, 2.45) is 17.4 Å². The van der Waals surface area contributed by atoms with Crippen LogP contribution in [0, 0.1) is 5.92 Å². The third-order valence-electron chi connectivity index (χ3n) is 3.94. The van der Waals surface area contributed by atoms with Crippen molar-refractivity contribution in [1.29, 1.82) is 0 Å². The maximum absolute atomic E-state index is 14.2. The quantitative estimate of drug-likeness (QED) is 0.528. The molecule has 1 aliphatic rings. The highest BCUT2D eigenvalue weighted by atomic mass is 19.3. The molecule has 0 aliphatic heterocycles. The molecule has 124 valence electrons. The van der Waals surface area contributed by atoms with Gasteiger partial charge < -0.3 is 26.6 Å². The first kappa shape index (κ1) is 18.1. The van der Waals surface area contributed by atoms with E-state index in [1.54, 1.807) is 6.92 Å². The topological polar surface area (TPSA) is 111 Å². The summed E-state index contributed by atoms with van der Waals surface area (Å²) < 4.78 is 45.6. The molecule has 21 heavy (non-hydrogen) atoms. The van der Waals surface area contributed by atoms with Gasteiger partial charge in [-0.15, -0.1) is 0 Å². The van der Waals surface area contributed by atoms with Gasteiger partial charge in [-0.1, -0.05) is 6.92 Å². The molecule has 0 aromatic carbocycles. The van der Waals surface area contributed by atoms with E-state index >= 15 is 0 Å². The van der Waals surface area contributed by atoms with E-state index in [1.807, 2.05) is 0 Å². The van der Waals surface area contributed by atoms with Crippen LogP contribution in [0.5, 0.6) is 0 Å². The summed E-state index contributed by atoms with van der Waals surface area (Å²) in [5.74, 6) is -5.44. The minimum Gasteiger partial charge on any atom is -0.378 e. The van der Waals surface area contributed by atoms with E-state index in [1.165, 1.54) is 7.11 Å². The Balaban J connectivity index is 2.75. The molecule has 0 saturated heterocycles. The van der Waals surface area contributed by atoms with Crippen molar-refractivity contribution < 1.29 is 27.8 Å². The lowest BCUT2D eigenvalue weighted by Gasteiger charge is -2.41. The summed E-state index contributed by atoms with van der Waals surface area (Å²) in [5.41, 5.74) is 10.6. The van der Waals surface area contributed by atoms with Crippen molar-refractivity contribution in [3.63, 3.8) is 0 Å². The number of hydrogen-bond acceptors (Lipinski definition) is 5. The van der Waals surface area contributed by atoms with Crippen LogP contribution in [0.2, 0.25) is 0 Å². The molecule has 0 bridgehead atoms. The lowest BCUT2D eigenvalue weighted by molar-refractivity contribution is -0.154. The minimum atomic E-state index is -3.78. The molecule has 1 rings (SSSR count). The highest BCUT2D eigenvalue weighted by Gasteiger charge is 2.46. The van der Waals surface area contributed by atoms with Crippen molar-refractivity contribution >= 4 is 5.91 Å². The number of aliphatic hydroxyl groups is 1. The molecule has 6 N–H and O–H groups in total. The van der Waals surface area contributed by atoms with E-state index < -0.39 is 48.8 Å². The van der Waals surface area contributed by atoms with Crippen LogP contribution in [-0.2, 0) is 9.53 Å². The van der Waals surface area contributed by atoms with Crippen LogP contribution in [0.1, 0.15) is 13.3 Å². The third kappa shape index (κ3) is 3.85. The van der Waals surface area contributed by atoms with Crippen LogP contribution >= 0.6 is 0 Å². The van der Waals surface area contributed by atoms with Crippen LogP contribution in [0.25, 0.3) is 0 Å². The molecule has 1 aliphatic carbocycles. The van der Waals surface area contributed by atoms with Gasteiger partial charge in [0.15, 0.2) is 6.10 Å². The molecular formula is C12H22F3N3O3. The molecular weight excluding hydrogens is 291 g/mol. The standard InChI is InChI=1S/C12H22F3N3O3/c1-5-6(17)3-7(8(13)9(5)21-2)18-11(20)10(19)12(14,15)4-16/h5-10,19H,3-4,16-17H2,1-2H3,(H,18,20)/t5-,6+,7-,8?,9+,10?/m1/s1. The molecule has 2 unspecified atom stereocenters. The predicted octanol–water partition coefficient (Wildman–Crippen LogP) is -0.854. The number of methoxy groups -OCH3 is 1. The summed E-state index contributed by atoms with van der Waals surface area (Å²) in [7, 11) is 1.31. The van der Waals surface area contributed by atoms with E-state index in [2.05, 4.69) is 5.32 Å². The Labute approximate surface area is 121 Å². The van der Waals surface area contributed by atoms with E-state index in [-0.39, 0.29) is 12.3 Å². The highest BCUT2D eigenvalue weighted by Crippen LogP contribution is 2.29. The SMILES string of the molecule is CO[C@@H]1C(F)[C@H](NC(=O)C(O)C(F)(F)CN)C[C@H](N)[C@H]1C. The molecule has 0 heterocycles. The zero-order valence-electron chi connectivity index (χ0n) is 11.9. The first-order valence-corrected chi connectivity index (χ1v) is 6.64. The molecule has 1 fully saturated rings. The molecule has 9 heteroatoms. The number of aliphatic hydroxyl groups excluding tert-OH is 1. The van der Waals surface area contributed by atoms with Crippen LogP contribution in [0.3, 0.4) is 0 Å². The van der Waals surface area contributed by atoms with Gasteiger partial charge in [0.05, 0.1) is 18.7 Å². The summed E-state index contributed by atoms with van der Waals surface area (Å²) in [6, 6.07) is -1.56. The van der Waals surface area contributed by atoms with Gasteiger partial charge in [-0.2, -0.15) is 0 Å². The fourth-order valence-corrected chi connectivity index (χ4v) is 2.45. The maximum Gasteiger partial charge on any atom is 0.294 e. The summed E-state index contributed by atoms with van der Waals surface area (Å²) >= 11 is 0. The van der Waals surface area contributed by atoms with Crippen molar-refractivity contribution in [3.05, 3.63) is 0 Å². The Kier molecular flexibility index (Phi) is 5.97. The Bertz CT molecular complexity index is 373. The van der Waals surface area contributed by atoms with E-state index in [0.717, 1.165) is 0 Å². The number of amides is 1. The number of rotatable bonds is 5. The van der Waals surface area contributed by atoms with Crippen LogP contribution in [-0.4, -0.2) is 61.1 Å². The molecule has 6 atom stereocenters. The second-order valence-electron chi connectivity index (χ2n) is 5.39. The molecule has 0 aromatic rings. The summed E-state index contributed by atoms with van der Waals surface area (Å²) in [6.07, 6.45) is -5.03. The largest absolute Gasteiger partial charge is 0.378 e. The number of carbonyl (C=O) groups is 1. The smallest absolute Gasteiger partial charge is 0.294 e. The van der Waals surface area contributed by atoms with Crippen molar-refractivity contribution in [2.45, 2.75) is 49.7 Å². The lowest BCUT2D eigenvalue weighted by Crippen LogP contribution is -2.61. The molecule has 0 aromatic heterocycles. The molecule has 6 nitrogen and oxygen atoms in total. The monoisotopic (exact) mass is 313 g/mol. The second kappa shape index (κ2) is 6.91. The highest BCUT2D eigenvalue weighted by molar-refractivity contribution is 5.82. The first-order valence-electron chi connectivity index (χ1n) is 6.64. The van der Waals surface area contributed by atoms with Crippen molar-refractivity contribution in [3.8, 4) is 0 Å². The van der Waals surface area contributed by atoms with E-state index in [9.17, 15) is 23.1 Å². The summed E-state index contributed by atoms with van der Waals surface area (Å²) in [5, 5.41) is 11.3. The third-order valence-corrected chi connectivity index (χ3v) is 3.94. The minimum absolute atomic E-state index is 0.0643. The molecule has 1 saturated carbocycles. The number of halogens is 3. The Hall–Kier alpha value is -0.900. The lowest BCUT2D eigenvalue weighted by atomic mass is 9.79. The van der Waals surface area contributed by atoms with E-state index in [4.69, 9.17) is 16.2 Å². The second-order valence-corrected chi connectivity index (χ2v) is 5.39. The molecule has 0 radical (unpaired) electrons. The van der Waals surface area contributed by atoms with Gasteiger partial charge in [-0.3, -0.25) is 4.79 Å². The van der Waals surface area contributed by atoms with Crippen LogP contribution < -0.4 is 16.8 Å². The van der Waals surface area contributed by atoms with Gasteiger partial charge in [0.1, 0.15) is 6.17 Å². The number of nitrogens with one attached hydrogen (secondary N) is 1. The van der Waals surface area contributed by atoms with Gasteiger partial charge in [0.2, 0.25) is 0 Å². The van der Waals surface area contributed by atoms with E-state index in [0.29, 0.717) is 0 Å². The normalized spacial score (nSPS) is 35.3. The molecule has 0 spiro atoms.